The SMILES string of the molecule is Nc1c(F)cc(C(=O)NCc2ccc(Br)cc2)cc1F. The average molecular weight is 341 g/mol. The Kier molecular flexibility index (Phi) is 4.34. The van der Waals surface area contributed by atoms with Crippen LogP contribution in [0, 0.1) is 11.6 Å². The first-order valence-corrected chi connectivity index (χ1v) is 6.54. The number of amides is 1. The van der Waals surface area contributed by atoms with E-state index in [2.05, 4.69) is 21.2 Å². The predicted molar refractivity (Wildman–Crippen MR) is 76.1 cm³/mol. The number of hydrogen-bond donors (Lipinski definition) is 2. The van der Waals surface area contributed by atoms with Crippen LogP contribution in [0.25, 0.3) is 0 Å². The van der Waals surface area contributed by atoms with E-state index in [9.17, 15) is 13.6 Å². The quantitative estimate of drug-likeness (QED) is 0.842. The number of rotatable bonds is 3. The van der Waals surface area contributed by atoms with E-state index in [-0.39, 0.29) is 12.1 Å². The van der Waals surface area contributed by atoms with Crippen LogP contribution in [0.5, 0.6) is 0 Å². The minimum absolute atomic E-state index is 0.105. The number of nitrogens with two attached hydrogens (primary N) is 1. The molecule has 20 heavy (non-hydrogen) atoms. The molecule has 0 aromatic heterocycles. The van der Waals surface area contributed by atoms with Gasteiger partial charge < -0.3 is 11.1 Å². The molecule has 0 heterocycles. The minimum Gasteiger partial charge on any atom is -0.394 e. The minimum atomic E-state index is -0.946. The lowest BCUT2D eigenvalue weighted by atomic mass is 10.1. The molecule has 0 aliphatic rings. The lowest BCUT2D eigenvalue weighted by Crippen LogP contribution is -2.23. The van der Waals surface area contributed by atoms with Crippen molar-refractivity contribution in [3.05, 3.63) is 63.6 Å². The summed E-state index contributed by atoms with van der Waals surface area (Å²) < 4.78 is 27.4. The Morgan fingerprint density at radius 2 is 1.70 bits per heavy atom. The molecule has 0 saturated carbocycles. The largest absolute Gasteiger partial charge is 0.394 e. The Morgan fingerprint density at radius 1 is 1.15 bits per heavy atom. The van der Waals surface area contributed by atoms with Crippen LogP contribution in [0.15, 0.2) is 40.9 Å². The molecule has 0 saturated heterocycles. The van der Waals surface area contributed by atoms with E-state index in [0.29, 0.717) is 0 Å². The van der Waals surface area contributed by atoms with Gasteiger partial charge in [0.2, 0.25) is 0 Å². The van der Waals surface area contributed by atoms with Crippen LogP contribution in [0.4, 0.5) is 14.5 Å². The monoisotopic (exact) mass is 340 g/mol. The summed E-state index contributed by atoms with van der Waals surface area (Å²) in [6.07, 6.45) is 0. The number of carbonyl (C=O) groups is 1. The van der Waals surface area contributed by atoms with E-state index in [1.54, 1.807) is 0 Å². The molecule has 0 atom stereocenters. The summed E-state index contributed by atoms with van der Waals surface area (Å²) in [5.74, 6) is -2.46. The highest BCUT2D eigenvalue weighted by molar-refractivity contribution is 9.10. The van der Waals surface area contributed by atoms with Crippen LogP contribution in [-0.2, 0) is 6.54 Å². The number of nitrogens with one attached hydrogen (secondary N) is 1. The first-order chi connectivity index (χ1) is 9.47. The van der Waals surface area contributed by atoms with E-state index >= 15 is 0 Å². The van der Waals surface area contributed by atoms with E-state index in [4.69, 9.17) is 5.73 Å². The van der Waals surface area contributed by atoms with Gasteiger partial charge in [-0.05, 0) is 29.8 Å². The Bertz CT molecular complexity index is 621. The number of hydrogen-bond acceptors (Lipinski definition) is 2. The molecular formula is C14H11BrF2N2O. The van der Waals surface area contributed by atoms with Gasteiger partial charge in [-0.2, -0.15) is 0 Å². The van der Waals surface area contributed by atoms with Crippen molar-refractivity contribution in [3.8, 4) is 0 Å². The molecule has 3 nitrogen and oxygen atoms in total. The zero-order chi connectivity index (χ0) is 14.7. The molecule has 1 amide bonds. The van der Waals surface area contributed by atoms with E-state index in [0.717, 1.165) is 22.2 Å². The zero-order valence-corrected chi connectivity index (χ0v) is 11.9. The molecule has 6 heteroatoms. The lowest BCUT2D eigenvalue weighted by Gasteiger charge is -2.07. The Labute approximate surface area is 122 Å². The molecular weight excluding hydrogens is 330 g/mol. The van der Waals surface area contributed by atoms with E-state index < -0.39 is 23.2 Å². The van der Waals surface area contributed by atoms with Crippen LogP contribution < -0.4 is 11.1 Å². The van der Waals surface area contributed by atoms with Gasteiger partial charge in [-0.15, -0.1) is 0 Å². The second kappa shape index (κ2) is 6.00. The first-order valence-electron chi connectivity index (χ1n) is 5.74. The van der Waals surface area contributed by atoms with Crippen molar-refractivity contribution < 1.29 is 13.6 Å². The van der Waals surface area contributed by atoms with Crippen LogP contribution in [-0.4, -0.2) is 5.91 Å². The topological polar surface area (TPSA) is 55.1 Å². The molecule has 0 fully saturated rings. The molecule has 2 rings (SSSR count). The highest BCUT2D eigenvalue weighted by atomic mass is 79.9. The normalized spacial score (nSPS) is 10.3. The van der Waals surface area contributed by atoms with E-state index in [1.807, 2.05) is 24.3 Å². The maximum atomic E-state index is 13.3. The fourth-order valence-corrected chi connectivity index (χ4v) is 1.87. The van der Waals surface area contributed by atoms with Crippen molar-refractivity contribution in [1.29, 1.82) is 0 Å². The number of halogens is 3. The van der Waals surface area contributed by atoms with Gasteiger partial charge in [0.05, 0.1) is 0 Å². The van der Waals surface area contributed by atoms with Gasteiger partial charge in [0.1, 0.15) is 17.3 Å². The van der Waals surface area contributed by atoms with Gasteiger partial charge in [-0.3, -0.25) is 4.79 Å². The van der Waals surface area contributed by atoms with Crippen LogP contribution in [0.2, 0.25) is 0 Å². The van der Waals surface area contributed by atoms with Crippen LogP contribution in [0.3, 0.4) is 0 Å². The lowest BCUT2D eigenvalue weighted by molar-refractivity contribution is 0.0950. The van der Waals surface area contributed by atoms with Gasteiger partial charge in [0, 0.05) is 16.6 Å². The molecule has 0 unspecified atom stereocenters. The number of benzene rings is 2. The van der Waals surface area contributed by atoms with Crippen molar-refractivity contribution in [2.24, 2.45) is 0 Å². The maximum Gasteiger partial charge on any atom is 0.251 e. The van der Waals surface area contributed by atoms with Crippen molar-refractivity contribution in [2.75, 3.05) is 5.73 Å². The third-order valence-electron chi connectivity index (χ3n) is 2.71. The third kappa shape index (κ3) is 3.33. The van der Waals surface area contributed by atoms with Gasteiger partial charge in [-0.1, -0.05) is 28.1 Å². The smallest absolute Gasteiger partial charge is 0.251 e. The Balaban J connectivity index is 2.07. The van der Waals surface area contributed by atoms with E-state index in [1.165, 1.54) is 0 Å². The van der Waals surface area contributed by atoms with Crippen molar-refractivity contribution in [2.45, 2.75) is 6.54 Å². The molecule has 0 aliphatic heterocycles. The summed E-state index contributed by atoms with van der Waals surface area (Å²) in [5.41, 5.74) is 5.32. The molecule has 0 spiro atoms. The summed E-state index contributed by atoms with van der Waals surface area (Å²) in [7, 11) is 0. The van der Waals surface area contributed by atoms with Crippen molar-refractivity contribution in [1.82, 2.24) is 5.32 Å². The van der Waals surface area contributed by atoms with Crippen LogP contribution >= 0.6 is 15.9 Å². The summed E-state index contributed by atoms with van der Waals surface area (Å²) >= 11 is 3.30. The fraction of sp³-hybridized carbons (Fsp3) is 0.0714. The number of carbonyl (C=O) groups excluding carboxylic acids is 1. The molecule has 0 aliphatic carbocycles. The molecule has 0 bridgehead atoms. The Morgan fingerprint density at radius 3 is 2.25 bits per heavy atom. The molecule has 0 radical (unpaired) electrons. The fourth-order valence-electron chi connectivity index (χ4n) is 1.60. The standard InChI is InChI=1S/C14H11BrF2N2O/c15-10-3-1-8(2-4-10)7-19-14(20)9-5-11(16)13(18)12(17)6-9/h1-6H,7,18H2,(H,19,20). The summed E-state index contributed by atoms with van der Waals surface area (Å²) in [4.78, 5) is 11.8. The predicted octanol–water partition coefficient (Wildman–Crippen LogP) is 3.24. The summed E-state index contributed by atoms with van der Waals surface area (Å²) in [6, 6.07) is 9.15. The summed E-state index contributed by atoms with van der Waals surface area (Å²) in [5, 5.41) is 2.58. The highest BCUT2D eigenvalue weighted by Gasteiger charge is 2.12. The average Bonchev–Trinajstić information content (AvgIpc) is 2.43. The maximum absolute atomic E-state index is 13.3. The second-order valence-corrected chi connectivity index (χ2v) is 5.08. The van der Waals surface area contributed by atoms with Gasteiger partial charge >= 0.3 is 0 Å². The molecule has 2 aromatic rings. The van der Waals surface area contributed by atoms with Crippen LogP contribution in [0.1, 0.15) is 15.9 Å². The second-order valence-electron chi connectivity index (χ2n) is 4.16. The first kappa shape index (κ1) is 14.5. The van der Waals surface area contributed by atoms with Gasteiger partial charge in [0.15, 0.2) is 0 Å². The third-order valence-corrected chi connectivity index (χ3v) is 3.24. The number of anilines is 1. The molecule has 104 valence electrons. The Hall–Kier alpha value is -1.95. The molecule has 2 aromatic carbocycles. The van der Waals surface area contributed by atoms with Gasteiger partial charge in [-0.25, -0.2) is 8.78 Å². The summed E-state index contributed by atoms with van der Waals surface area (Å²) in [6.45, 7) is 0.264. The number of nitrogen functional groups attached to an aromatic ring is 1. The van der Waals surface area contributed by atoms with Crippen molar-refractivity contribution in [3.63, 3.8) is 0 Å². The highest BCUT2D eigenvalue weighted by Crippen LogP contribution is 2.17. The molecule has 3 N–H and O–H groups in total. The van der Waals surface area contributed by atoms with Crippen molar-refractivity contribution >= 4 is 27.5 Å². The zero-order valence-electron chi connectivity index (χ0n) is 10.3. The van der Waals surface area contributed by atoms with Gasteiger partial charge in [0.25, 0.3) is 5.91 Å².